The van der Waals surface area contributed by atoms with E-state index in [1.165, 1.54) is 11.1 Å². The Labute approximate surface area is 361 Å². The van der Waals surface area contributed by atoms with E-state index in [9.17, 15) is 9.90 Å². The third-order valence-electron chi connectivity index (χ3n) is 13.8. The molecule has 8 aromatic carbocycles. The number of benzene rings is 8. The molecule has 8 heteroatoms. The number of allylic oxidation sites excluding steroid dienone is 2. The lowest BCUT2D eigenvalue weighted by Crippen LogP contribution is -2.45. The van der Waals surface area contributed by atoms with Crippen LogP contribution in [-0.2, 0) is 27.3 Å². The van der Waals surface area contributed by atoms with E-state index < -0.39 is 17.3 Å². The van der Waals surface area contributed by atoms with Crippen molar-refractivity contribution in [1.29, 1.82) is 0 Å². The highest BCUT2D eigenvalue weighted by atomic mass is 16.5. The molecule has 2 aliphatic heterocycles. The Morgan fingerprint density at radius 2 is 1.29 bits per heavy atom. The molecule has 0 saturated heterocycles. The smallest absolute Gasteiger partial charge is 0.338 e. The fourth-order valence-corrected chi connectivity index (χ4v) is 11.2. The van der Waals surface area contributed by atoms with E-state index in [1.54, 1.807) is 6.92 Å². The van der Waals surface area contributed by atoms with Crippen LogP contribution in [0.3, 0.4) is 0 Å². The van der Waals surface area contributed by atoms with Crippen molar-refractivity contribution in [2.45, 2.75) is 31.6 Å². The molecular formula is C55H38N4O4. The fourth-order valence-electron chi connectivity index (χ4n) is 11.2. The minimum Gasteiger partial charge on any atom is -0.506 e. The van der Waals surface area contributed by atoms with Crippen molar-refractivity contribution in [3.63, 3.8) is 0 Å². The summed E-state index contributed by atoms with van der Waals surface area (Å²) in [7, 11) is 0. The number of hydrogen-bond acceptors (Lipinski definition) is 8. The number of carbonyl (C=O) groups is 2. The number of fused-ring (bicyclic) bond motifs is 10. The Hall–Kier alpha value is -7.97. The standard InChI is InChI=1S/C55H38N4O4/c1-3-29-13-9-21-39-43(29)32-16-5-7-19-37(32)54(39)56-41-23-10-14-30-25-27-34(49(58-54)44(30)41)47-51(60)48(52(47)61)35-28-26-31-15-11-24-42-45(31)50(35)59-55(57-42)38-20-8-6-17-33(38)46-36(53(62)63-4-2)18-12-22-40(46)55/h5-28,56-57,59-60H,3-4H2,1-2H3. The van der Waals surface area contributed by atoms with Gasteiger partial charge in [-0.2, -0.15) is 0 Å². The first-order valence-corrected chi connectivity index (χ1v) is 21.5. The molecule has 2 heterocycles. The highest BCUT2D eigenvalue weighted by Gasteiger charge is 2.50. The van der Waals surface area contributed by atoms with Gasteiger partial charge in [0.2, 0.25) is 5.78 Å². The molecule has 4 N–H and O–H groups in total. The molecule has 302 valence electrons. The van der Waals surface area contributed by atoms with Crippen molar-refractivity contribution in [3.05, 3.63) is 201 Å². The maximum absolute atomic E-state index is 15.1. The van der Waals surface area contributed by atoms with Gasteiger partial charge in [-0.05, 0) is 64.6 Å². The van der Waals surface area contributed by atoms with Crippen molar-refractivity contribution in [1.82, 2.24) is 0 Å². The number of ether oxygens (including phenoxy) is 1. The van der Waals surface area contributed by atoms with E-state index in [-0.39, 0.29) is 29.3 Å². The number of nitrogens with zero attached hydrogens (tertiary/aromatic N) is 1. The summed E-state index contributed by atoms with van der Waals surface area (Å²) >= 11 is 0. The lowest BCUT2D eigenvalue weighted by atomic mass is 9.79. The number of aliphatic hydroxyl groups is 1. The van der Waals surface area contributed by atoms with Crippen LogP contribution in [0.4, 0.5) is 17.1 Å². The summed E-state index contributed by atoms with van der Waals surface area (Å²) in [6.07, 6.45) is 0.872. The van der Waals surface area contributed by atoms with Crippen molar-refractivity contribution in [3.8, 4) is 22.3 Å². The second-order valence-electron chi connectivity index (χ2n) is 16.9. The van der Waals surface area contributed by atoms with E-state index in [0.717, 1.165) is 78.3 Å². The molecule has 2 unspecified atom stereocenters. The van der Waals surface area contributed by atoms with Crippen LogP contribution in [0.2, 0.25) is 0 Å². The van der Waals surface area contributed by atoms with Crippen LogP contribution >= 0.6 is 0 Å². The van der Waals surface area contributed by atoms with Crippen molar-refractivity contribution in [2.24, 2.45) is 4.99 Å². The lowest BCUT2D eigenvalue weighted by Gasteiger charge is -2.41. The van der Waals surface area contributed by atoms with Gasteiger partial charge in [-0.3, -0.25) is 4.79 Å². The first-order chi connectivity index (χ1) is 30.9. The van der Waals surface area contributed by atoms with E-state index in [2.05, 4.69) is 83.5 Å². The summed E-state index contributed by atoms with van der Waals surface area (Å²) in [6, 6.07) is 48.8. The Bertz CT molecular complexity index is 3630. The molecule has 0 aromatic heterocycles. The third-order valence-corrected chi connectivity index (χ3v) is 13.8. The molecule has 63 heavy (non-hydrogen) atoms. The van der Waals surface area contributed by atoms with E-state index in [1.807, 2.05) is 84.9 Å². The van der Waals surface area contributed by atoms with Crippen LogP contribution in [0.1, 0.15) is 57.6 Å². The molecule has 2 atom stereocenters. The first-order valence-electron chi connectivity index (χ1n) is 21.5. The Morgan fingerprint density at radius 3 is 2.06 bits per heavy atom. The largest absolute Gasteiger partial charge is 0.506 e. The number of nitrogens with one attached hydrogen (secondary N) is 3. The van der Waals surface area contributed by atoms with Gasteiger partial charge < -0.3 is 25.8 Å². The summed E-state index contributed by atoms with van der Waals surface area (Å²) in [5.41, 5.74) is 11.2. The highest BCUT2D eigenvalue weighted by Crippen LogP contribution is 2.57. The first kappa shape index (κ1) is 35.8. The SMILES string of the molecule is CCOC(=O)c1cccc2c1-c1ccccc1C21Nc2cccc3ccc(C4=C(O)C(=c5ccc6cccc7c6c5=NC5(N7)c6ccccc6-c6c(CC)cccc65)C4=O)c(c23)N1. The van der Waals surface area contributed by atoms with Crippen LogP contribution < -0.4 is 26.5 Å². The number of anilines is 3. The molecule has 3 aliphatic carbocycles. The Balaban J connectivity index is 1.04. The van der Waals surface area contributed by atoms with Gasteiger partial charge in [0.05, 0.1) is 34.4 Å². The van der Waals surface area contributed by atoms with Crippen molar-refractivity contribution >= 4 is 61.5 Å². The second kappa shape index (κ2) is 12.6. The van der Waals surface area contributed by atoms with Gasteiger partial charge in [-0.1, -0.05) is 134 Å². The summed E-state index contributed by atoms with van der Waals surface area (Å²) in [6.45, 7) is 4.24. The zero-order chi connectivity index (χ0) is 42.4. The molecule has 0 bridgehead atoms. The van der Waals surface area contributed by atoms with Crippen LogP contribution in [0.15, 0.2) is 156 Å². The summed E-state index contributed by atoms with van der Waals surface area (Å²) < 4.78 is 5.54. The number of aryl methyl sites for hydroxylation is 1. The number of hydrogen-bond donors (Lipinski definition) is 4. The molecule has 8 nitrogen and oxygen atoms in total. The molecule has 0 fully saturated rings. The average molecular weight is 819 g/mol. The number of Topliss-reactive ketones (excluding diaryl/α,β-unsaturated/α-hetero) is 1. The third kappa shape index (κ3) is 4.46. The number of ketones is 1. The zero-order valence-corrected chi connectivity index (χ0v) is 34.4. The van der Waals surface area contributed by atoms with Crippen LogP contribution in [0.25, 0.3) is 54.9 Å². The zero-order valence-electron chi connectivity index (χ0n) is 34.4. The summed E-state index contributed by atoms with van der Waals surface area (Å²) in [5.74, 6) is -0.725. The fraction of sp³-hybridized carbons (Fsp3) is 0.109. The van der Waals surface area contributed by atoms with Crippen LogP contribution in [0, 0.1) is 0 Å². The summed E-state index contributed by atoms with van der Waals surface area (Å²) in [4.78, 5) is 34.2. The average Bonchev–Trinajstić information content (AvgIpc) is 3.74. The highest BCUT2D eigenvalue weighted by molar-refractivity contribution is 6.52. The van der Waals surface area contributed by atoms with E-state index in [0.29, 0.717) is 27.4 Å². The van der Waals surface area contributed by atoms with Crippen LogP contribution in [-0.4, -0.2) is 23.5 Å². The number of esters is 1. The monoisotopic (exact) mass is 818 g/mol. The molecule has 13 rings (SSSR count). The maximum Gasteiger partial charge on any atom is 0.338 e. The van der Waals surface area contributed by atoms with Gasteiger partial charge in [0, 0.05) is 60.7 Å². The number of rotatable bonds is 4. The van der Waals surface area contributed by atoms with Crippen molar-refractivity contribution < 1.29 is 19.4 Å². The molecule has 8 aromatic rings. The van der Waals surface area contributed by atoms with Gasteiger partial charge in [-0.25, -0.2) is 9.79 Å². The number of carbonyl (C=O) groups excluding carboxylic acids is 2. The number of aliphatic hydroxyl groups excluding tert-OH is 1. The topological polar surface area (TPSA) is 112 Å². The van der Waals surface area contributed by atoms with Crippen molar-refractivity contribution in [2.75, 3.05) is 22.6 Å². The molecule has 2 spiro atoms. The predicted molar refractivity (Wildman–Crippen MR) is 248 cm³/mol. The van der Waals surface area contributed by atoms with Gasteiger partial charge in [0.25, 0.3) is 0 Å². The predicted octanol–water partition coefficient (Wildman–Crippen LogP) is 10.1. The van der Waals surface area contributed by atoms with Gasteiger partial charge >= 0.3 is 5.97 Å². The molecule has 0 radical (unpaired) electrons. The van der Waals surface area contributed by atoms with E-state index in [4.69, 9.17) is 9.73 Å². The Kier molecular flexibility index (Phi) is 7.12. The minimum atomic E-state index is -1.02. The Morgan fingerprint density at radius 1 is 0.619 bits per heavy atom. The molecule has 0 amide bonds. The minimum absolute atomic E-state index is 0.0735. The van der Waals surface area contributed by atoms with Crippen LogP contribution in [0.5, 0.6) is 0 Å². The second-order valence-corrected chi connectivity index (χ2v) is 16.9. The van der Waals surface area contributed by atoms with E-state index >= 15 is 4.79 Å². The lowest BCUT2D eigenvalue weighted by molar-refractivity contribution is -0.109. The maximum atomic E-state index is 15.1. The quantitative estimate of drug-likeness (QED) is 0.131. The molecule has 0 saturated carbocycles. The molecular weight excluding hydrogens is 781 g/mol. The summed E-state index contributed by atoms with van der Waals surface area (Å²) in [5, 5.41) is 29.1. The van der Waals surface area contributed by atoms with Gasteiger partial charge in [0.15, 0.2) is 11.3 Å². The van der Waals surface area contributed by atoms with Gasteiger partial charge in [0.1, 0.15) is 5.76 Å². The van der Waals surface area contributed by atoms with Gasteiger partial charge in [-0.15, -0.1) is 0 Å². The molecule has 5 aliphatic rings. The normalized spacial score (nSPS) is 20.0.